The van der Waals surface area contributed by atoms with Crippen LogP contribution in [-0.2, 0) is 11.2 Å². The van der Waals surface area contributed by atoms with Gasteiger partial charge in [0.15, 0.2) is 0 Å². The van der Waals surface area contributed by atoms with E-state index < -0.39 is 0 Å². The number of carbonyl (C=O) groups is 2. The van der Waals surface area contributed by atoms with Crippen LogP contribution < -0.4 is 14.8 Å². The third-order valence-electron chi connectivity index (χ3n) is 7.13. The van der Waals surface area contributed by atoms with Crippen molar-refractivity contribution in [3.8, 4) is 11.5 Å². The van der Waals surface area contributed by atoms with E-state index in [1.165, 1.54) is 0 Å². The molecule has 182 valence electrons. The summed E-state index contributed by atoms with van der Waals surface area (Å²) in [6.07, 6.45) is 6.24. The molecule has 2 aliphatic heterocycles. The molecule has 0 radical (unpaired) electrons. The predicted octanol–water partition coefficient (Wildman–Crippen LogP) is 4.88. The lowest BCUT2D eigenvalue weighted by Crippen LogP contribution is -2.48. The summed E-state index contributed by atoms with van der Waals surface area (Å²) in [7, 11) is 1.63. The van der Waals surface area contributed by atoms with Gasteiger partial charge in [0.1, 0.15) is 11.5 Å². The zero-order valence-corrected chi connectivity index (χ0v) is 20.5. The summed E-state index contributed by atoms with van der Waals surface area (Å²) in [6, 6.07) is 12.9. The van der Waals surface area contributed by atoms with Gasteiger partial charge in [-0.2, -0.15) is 0 Å². The van der Waals surface area contributed by atoms with Crippen LogP contribution in [-0.4, -0.2) is 50.1 Å². The molecule has 2 aromatic rings. The lowest BCUT2D eigenvalue weighted by Gasteiger charge is -2.42. The molecule has 7 heteroatoms. The number of nitrogens with zero attached hydrogens (tertiary/aromatic N) is 1. The quantitative estimate of drug-likeness (QED) is 0.674. The normalized spacial score (nSPS) is 18.6. The number of piperidine rings is 1. The molecule has 2 aromatic carbocycles. The van der Waals surface area contributed by atoms with Gasteiger partial charge in [-0.3, -0.25) is 9.59 Å². The van der Waals surface area contributed by atoms with Crippen molar-refractivity contribution < 1.29 is 19.1 Å². The number of hydrogen-bond acceptors (Lipinski definition) is 4. The Morgan fingerprint density at radius 2 is 1.91 bits per heavy atom. The van der Waals surface area contributed by atoms with E-state index >= 15 is 0 Å². The maximum atomic E-state index is 13.0. The molecule has 2 heterocycles. The number of benzene rings is 2. The molecular weight excluding hydrogens is 452 g/mol. The number of amides is 2. The van der Waals surface area contributed by atoms with Gasteiger partial charge in [-0.25, -0.2) is 0 Å². The van der Waals surface area contributed by atoms with Crippen LogP contribution in [0.4, 0.5) is 0 Å². The van der Waals surface area contributed by atoms with Gasteiger partial charge in [-0.15, -0.1) is 0 Å². The maximum absolute atomic E-state index is 13.0. The highest BCUT2D eigenvalue weighted by atomic mass is 35.5. The Labute approximate surface area is 206 Å². The van der Waals surface area contributed by atoms with E-state index in [0.717, 1.165) is 49.8 Å². The van der Waals surface area contributed by atoms with Gasteiger partial charge in [0, 0.05) is 30.2 Å². The van der Waals surface area contributed by atoms with Gasteiger partial charge in [-0.1, -0.05) is 42.6 Å². The van der Waals surface area contributed by atoms with Gasteiger partial charge in [0.05, 0.1) is 25.7 Å². The highest BCUT2D eigenvalue weighted by Gasteiger charge is 2.36. The van der Waals surface area contributed by atoms with Crippen molar-refractivity contribution in [1.29, 1.82) is 0 Å². The fourth-order valence-electron chi connectivity index (χ4n) is 5.00. The number of halogens is 1. The second kappa shape index (κ2) is 11.1. The first-order valence-electron chi connectivity index (χ1n) is 12.1. The van der Waals surface area contributed by atoms with E-state index in [-0.39, 0.29) is 17.2 Å². The van der Waals surface area contributed by atoms with Crippen LogP contribution in [0.25, 0.3) is 0 Å². The van der Waals surface area contributed by atoms with Gasteiger partial charge < -0.3 is 19.7 Å². The van der Waals surface area contributed by atoms with E-state index in [1.807, 2.05) is 29.2 Å². The number of methoxy groups -OCH3 is 1. The van der Waals surface area contributed by atoms with Crippen molar-refractivity contribution in [3.05, 3.63) is 58.6 Å². The molecule has 6 nitrogen and oxygen atoms in total. The molecule has 0 aliphatic carbocycles. The minimum Gasteiger partial charge on any atom is -0.496 e. The molecule has 0 atom stereocenters. The summed E-state index contributed by atoms with van der Waals surface area (Å²) in [4.78, 5) is 28.0. The fourth-order valence-corrected chi connectivity index (χ4v) is 5.17. The molecule has 0 aromatic heterocycles. The summed E-state index contributed by atoms with van der Waals surface area (Å²) in [5.74, 6) is 1.29. The Balaban J connectivity index is 1.42. The third-order valence-corrected chi connectivity index (χ3v) is 7.37. The molecule has 0 saturated carbocycles. The minimum atomic E-state index is -0.160. The first kappa shape index (κ1) is 24.4. The molecular formula is C27H33ClN2O4. The smallest absolute Gasteiger partial charge is 0.255 e. The van der Waals surface area contributed by atoms with Crippen LogP contribution in [0.3, 0.4) is 0 Å². The number of fused-ring (bicyclic) bond motifs is 1. The Bertz CT molecular complexity index is 1020. The largest absolute Gasteiger partial charge is 0.496 e. The Kier molecular flexibility index (Phi) is 7.99. The lowest BCUT2D eigenvalue weighted by atomic mass is 9.74. The van der Waals surface area contributed by atoms with Crippen LogP contribution in [0.5, 0.6) is 11.5 Å². The van der Waals surface area contributed by atoms with E-state index in [9.17, 15) is 9.59 Å². The lowest BCUT2D eigenvalue weighted by molar-refractivity contribution is -0.132. The molecule has 1 fully saturated rings. The number of likely N-dealkylation sites (tertiary alicyclic amines) is 1. The molecule has 0 bridgehead atoms. The summed E-state index contributed by atoms with van der Waals surface area (Å²) in [6.45, 7) is 2.58. The fraction of sp³-hybridized carbons (Fsp3) is 0.481. The van der Waals surface area contributed by atoms with Crippen LogP contribution >= 0.6 is 11.6 Å². The van der Waals surface area contributed by atoms with Crippen LogP contribution in [0, 0.1) is 5.41 Å². The van der Waals surface area contributed by atoms with E-state index in [1.54, 1.807) is 25.3 Å². The number of nitrogens with one attached hydrogen (secondary N) is 1. The monoisotopic (exact) mass is 484 g/mol. The van der Waals surface area contributed by atoms with Crippen molar-refractivity contribution in [2.75, 3.05) is 33.4 Å². The summed E-state index contributed by atoms with van der Waals surface area (Å²) in [5, 5.41) is 3.66. The number of carbonyl (C=O) groups excluding carboxylic acids is 2. The average molecular weight is 485 g/mol. The maximum Gasteiger partial charge on any atom is 0.255 e. The highest BCUT2D eigenvalue weighted by Crippen LogP contribution is 2.37. The number of hydrogen-bond donors (Lipinski definition) is 1. The molecule has 1 saturated heterocycles. The van der Waals surface area contributed by atoms with Crippen LogP contribution in [0.15, 0.2) is 42.5 Å². The van der Waals surface area contributed by atoms with Gasteiger partial charge >= 0.3 is 0 Å². The summed E-state index contributed by atoms with van der Waals surface area (Å²) < 4.78 is 11.3. The second-order valence-electron chi connectivity index (χ2n) is 9.35. The third kappa shape index (κ3) is 5.84. The van der Waals surface area contributed by atoms with Crippen molar-refractivity contribution in [3.63, 3.8) is 0 Å². The van der Waals surface area contributed by atoms with Crippen molar-refractivity contribution in [2.24, 2.45) is 5.41 Å². The Morgan fingerprint density at radius 1 is 1.12 bits per heavy atom. The average Bonchev–Trinajstić information content (AvgIpc) is 2.85. The van der Waals surface area contributed by atoms with Crippen molar-refractivity contribution in [2.45, 2.75) is 44.9 Å². The van der Waals surface area contributed by atoms with Gasteiger partial charge in [0.2, 0.25) is 5.91 Å². The van der Waals surface area contributed by atoms with E-state index in [4.69, 9.17) is 21.1 Å². The SMILES string of the molecule is COc1ccccc1CC(=O)N1CCC2(CCCCCOc3ccc(Cl)cc3C(=O)NC2)CC1. The molecule has 2 amide bonds. The molecule has 0 unspecified atom stereocenters. The van der Waals surface area contributed by atoms with Crippen LogP contribution in [0.2, 0.25) is 5.02 Å². The van der Waals surface area contributed by atoms with Gasteiger partial charge in [-0.05, 0) is 55.4 Å². The first-order chi connectivity index (χ1) is 16.5. The summed E-state index contributed by atoms with van der Waals surface area (Å²) in [5.41, 5.74) is 1.39. The zero-order chi connectivity index (χ0) is 24.0. The molecule has 1 N–H and O–H groups in total. The minimum absolute atomic E-state index is 0.00430. The first-order valence-corrected chi connectivity index (χ1v) is 12.5. The predicted molar refractivity (Wildman–Crippen MR) is 133 cm³/mol. The molecule has 4 rings (SSSR count). The molecule has 1 spiro atoms. The number of para-hydroxylation sites is 1. The van der Waals surface area contributed by atoms with Crippen molar-refractivity contribution in [1.82, 2.24) is 10.2 Å². The van der Waals surface area contributed by atoms with E-state index in [2.05, 4.69) is 5.32 Å². The van der Waals surface area contributed by atoms with E-state index in [0.29, 0.717) is 49.0 Å². The summed E-state index contributed by atoms with van der Waals surface area (Å²) >= 11 is 6.15. The van der Waals surface area contributed by atoms with Crippen LogP contribution in [0.1, 0.15) is 54.4 Å². The molecule has 2 aliphatic rings. The second-order valence-corrected chi connectivity index (χ2v) is 9.79. The Morgan fingerprint density at radius 3 is 2.71 bits per heavy atom. The molecule has 34 heavy (non-hydrogen) atoms. The number of rotatable bonds is 3. The number of ether oxygens (including phenoxy) is 2. The highest BCUT2D eigenvalue weighted by molar-refractivity contribution is 6.31. The topological polar surface area (TPSA) is 67.9 Å². The van der Waals surface area contributed by atoms with Crippen molar-refractivity contribution >= 4 is 23.4 Å². The van der Waals surface area contributed by atoms with Gasteiger partial charge in [0.25, 0.3) is 5.91 Å². The standard InChI is InChI=1S/C27H33ClN2O4/c1-33-23-8-4-3-7-20(23)17-25(31)30-14-12-27(13-15-30)11-5-2-6-16-34-24-10-9-21(28)18-22(24)26(32)29-19-27/h3-4,7-10,18H,2,5-6,11-17,19H2,1H3,(H,29,32). The Hall–Kier alpha value is -2.73. The zero-order valence-electron chi connectivity index (χ0n) is 19.8.